The number of amides is 2. The van der Waals surface area contributed by atoms with Crippen LogP contribution in [0.5, 0.6) is 5.75 Å². The molecule has 0 aliphatic heterocycles. The van der Waals surface area contributed by atoms with Gasteiger partial charge in [0, 0.05) is 5.56 Å². The summed E-state index contributed by atoms with van der Waals surface area (Å²) in [6, 6.07) is 16.2. The fourth-order valence-corrected chi connectivity index (χ4v) is 2.44. The van der Waals surface area contributed by atoms with E-state index < -0.39 is 0 Å². The standard InChI is InChI=1S/C21H25N3O3S/c1-15(2)11-12-27-18-10-6-9-17(14-18)20(26)22-21(28)24-23-19(25)13-16-7-4-3-5-8-16/h3-10,14-15H,11-13H2,1-2H3,(H,23,25)(H2,22,24,26,28). The minimum absolute atomic E-state index is 0.0116. The monoisotopic (exact) mass is 399 g/mol. The summed E-state index contributed by atoms with van der Waals surface area (Å²) >= 11 is 5.06. The van der Waals surface area contributed by atoms with E-state index in [9.17, 15) is 9.59 Å². The number of benzene rings is 2. The lowest BCUT2D eigenvalue weighted by molar-refractivity contribution is -0.121. The van der Waals surface area contributed by atoms with Gasteiger partial charge in [-0.3, -0.25) is 25.8 Å². The second-order valence-corrected chi connectivity index (χ2v) is 7.09. The van der Waals surface area contributed by atoms with Gasteiger partial charge in [0.25, 0.3) is 5.91 Å². The number of ether oxygens (including phenoxy) is 1. The maximum atomic E-state index is 12.3. The lowest BCUT2D eigenvalue weighted by Gasteiger charge is -2.12. The van der Waals surface area contributed by atoms with Crippen molar-refractivity contribution in [3.05, 3.63) is 65.7 Å². The van der Waals surface area contributed by atoms with Gasteiger partial charge in [-0.1, -0.05) is 50.2 Å². The van der Waals surface area contributed by atoms with Gasteiger partial charge in [-0.25, -0.2) is 0 Å². The Balaban J connectivity index is 1.78. The van der Waals surface area contributed by atoms with Gasteiger partial charge in [-0.2, -0.15) is 0 Å². The van der Waals surface area contributed by atoms with Gasteiger partial charge in [0.05, 0.1) is 13.0 Å². The molecule has 2 rings (SSSR count). The quantitative estimate of drug-likeness (QED) is 0.493. The van der Waals surface area contributed by atoms with Crippen LogP contribution >= 0.6 is 12.2 Å². The Kier molecular flexibility index (Phi) is 8.42. The number of hydrazine groups is 1. The maximum absolute atomic E-state index is 12.3. The summed E-state index contributed by atoms with van der Waals surface area (Å²) in [6.45, 7) is 4.84. The lowest BCUT2D eigenvalue weighted by atomic mass is 10.1. The van der Waals surface area contributed by atoms with Gasteiger partial charge in [-0.05, 0) is 48.3 Å². The summed E-state index contributed by atoms with van der Waals surface area (Å²) in [4.78, 5) is 24.2. The number of carbonyl (C=O) groups excluding carboxylic acids is 2. The first-order chi connectivity index (χ1) is 13.4. The van der Waals surface area contributed by atoms with Crippen LogP contribution in [0.1, 0.15) is 36.2 Å². The first kappa shape index (κ1) is 21.4. The molecule has 0 aromatic heterocycles. The highest BCUT2D eigenvalue weighted by Crippen LogP contribution is 2.14. The van der Waals surface area contributed by atoms with E-state index >= 15 is 0 Å². The molecule has 0 radical (unpaired) electrons. The minimum atomic E-state index is -0.385. The molecule has 7 heteroatoms. The third-order valence-corrected chi connectivity index (χ3v) is 4.01. The van der Waals surface area contributed by atoms with Crippen LogP contribution in [-0.4, -0.2) is 23.5 Å². The van der Waals surface area contributed by atoms with E-state index in [1.54, 1.807) is 24.3 Å². The van der Waals surface area contributed by atoms with Gasteiger partial charge in [0.15, 0.2) is 5.11 Å². The van der Waals surface area contributed by atoms with Crippen LogP contribution in [0.25, 0.3) is 0 Å². The van der Waals surface area contributed by atoms with Gasteiger partial charge in [-0.15, -0.1) is 0 Å². The average molecular weight is 400 g/mol. The molecule has 0 spiro atoms. The van der Waals surface area contributed by atoms with Crippen molar-refractivity contribution >= 4 is 29.1 Å². The summed E-state index contributed by atoms with van der Waals surface area (Å²) in [6.07, 6.45) is 1.15. The number of hydrogen-bond acceptors (Lipinski definition) is 4. The Labute approximate surface area is 170 Å². The summed E-state index contributed by atoms with van der Waals surface area (Å²) in [5, 5.41) is 2.54. The predicted octanol–water partition coefficient (Wildman–Crippen LogP) is 2.99. The van der Waals surface area contributed by atoms with Crippen LogP contribution in [-0.2, 0) is 11.2 Å². The topological polar surface area (TPSA) is 79.5 Å². The van der Waals surface area contributed by atoms with E-state index in [4.69, 9.17) is 17.0 Å². The van der Waals surface area contributed by atoms with Gasteiger partial charge < -0.3 is 4.74 Å². The second-order valence-electron chi connectivity index (χ2n) is 6.68. The van der Waals surface area contributed by atoms with E-state index in [0.29, 0.717) is 23.8 Å². The molecule has 0 bridgehead atoms. The van der Waals surface area contributed by atoms with Crippen molar-refractivity contribution in [1.82, 2.24) is 16.2 Å². The zero-order valence-electron chi connectivity index (χ0n) is 16.0. The van der Waals surface area contributed by atoms with Crippen LogP contribution < -0.4 is 20.9 Å². The van der Waals surface area contributed by atoms with E-state index in [0.717, 1.165) is 12.0 Å². The van der Waals surface area contributed by atoms with Crippen LogP contribution in [0.3, 0.4) is 0 Å². The maximum Gasteiger partial charge on any atom is 0.257 e. The Morgan fingerprint density at radius 3 is 2.50 bits per heavy atom. The molecule has 2 amide bonds. The van der Waals surface area contributed by atoms with Gasteiger partial charge >= 0.3 is 0 Å². The molecular formula is C21H25N3O3S. The first-order valence-corrected chi connectivity index (χ1v) is 9.52. The SMILES string of the molecule is CC(C)CCOc1cccc(C(=O)NC(=S)NNC(=O)Cc2ccccc2)c1. The second kappa shape index (κ2) is 11.0. The van der Waals surface area contributed by atoms with Gasteiger partial charge in [0.2, 0.25) is 5.91 Å². The zero-order valence-corrected chi connectivity index (χ0v) is 16.8. The zero-order chi connectivity index (χ0) is 20.4. The van der Waals surface area contributed by atoms with E-state index in [1.807, 2.05) is 30.3 Å². The Morgan fingerprint density at radius 2 is 1.79 bits per heavy atom. The highest BCUT2D eigenvalue weighted by molar-refractivity contribution is 7.80. The highest BCUT2D eigenvalue weighted by atomic mass is 32.1. The minimum Gasteiger partial charge on any atom is -0.494 e. The van der Waals surface area contributed by atoms with E-state index in [1.165, 1.54) is 0 Å². The number of carbonyl (C=O) groups is 2. The molecule has 2 aromatic rings. The Hall–Kier alpha value is -2.93. The molecular weight excluding hydrogens is 374 g/mol. The van der Waals surface area contributed by atoms with Crippen molar-refractivity contribution < 1.29 is 14.3 Å². The summed E-state index contributed by atoms with van der Waals surface area (Å²) in [7, 11) is 0. The molecule has 0 aliphatic carbocycles. The molecule has 148 valence electrons. The number of hydrogen-bond donors (Lipinski definition) is 3. The molecule has 0 saturated heterocycles. The molecule has 6 nitrogen and oxygen atoms in total. The molecule has 28 heavy (non-hydrogen) atoms. The lowest BCUT2D eigenvalue weighted by Crippen LogP contribution is -2.48. The predicted molar refractivity (Wildman–Crippen MR) is 113 cm³/mol. The highest BCUT2D eigenvalue weighted by Gasteiger charge is 2.10. The molecule has 0 saturated carbocycles. The fraction of sp³-hybridized carbons (Fsp3) is 0.286. The van der Waals surface area contributed by atoms with Crippen molar-refractivity contribution in [2.24, 2.45) is 5.92 Å². The number of nitrogens with one attached hydrogen (secondary N) is 3. The first-order valence-electron chi connectivity index (χ1n) is 9.11. The summed E-state index contributed by atoms with van der Waals surface area (Å²) in [5.41, 5.74) is 6.30. The Morgan fingerprint density at radius 1 is 1.04 bits per heavy atom. The van der Waals surface area contributed by atoms with Crippen molar-refractivity contribution in [2.75, 3.05) is 6.61 Å². The number of rotatable bonds is 7. The van der Waals surface area contributed by atoms with Crippen LogP contribution in [0, 0.1) is 5.92 Å². The smallest absolute Gasteiger partial charge is 0.257 e. The van der Waals surface area contributed by atoms with Crippen LogP contribution in [0.4, 0.5) is 0 Å². The van der Waals surface area contributed by atoms with E-state index in [2.05, 4.69) is 30.0 Å². The molecule has 0 fully saturated rings. The summed E-state index contributed by atoms with van der Waals surface area (Å²) < 4.78 is 5.66. The molecule has 0 heterocycles. The Bertz CT molecular complexity index is 810. The molecule has 0 atom stereocenters. The van der Waals surface area contributed by atoms with Crippen molar-refractivity contribution in [1.29, 1.82) is 0 Å². The normalized spacial score (nSPS) is 10.2. The molecule has 0 aliphatic rings. The third-order valence-electron chi connectivity index (χ3n) is 3.81. The molecule has 0 unspecified atom stereocenters. The van der Waals surface area contributed by atoms with E-state index in [-0.39, 0.29) is 23.3 Å². The largest absolute Gasteiger partial charge is 0.494 e. The molecule has 3 N–H and O–H groups in total. The summed E-state index contributed by atoms with van der Waals surface area (Å²) in [5.74, 6) is 0.530. The van der Waals surface area contributed by atoms with Crippen molar-refractivity contribution in [3.8, 4) is 5.75 Å². The third kappa shape index (κ3) is 7.75. The number of thiocarbonyl (C=S) groups is 1. The van der Waals surface area contributed by atoms with Crippen molar-refractivity contribution in [3.63, 3.8) is 0 Å². The van der Waals surface area contributed by atoms with Gasteiger partial charge in [0.1, 0.15) is 5.75 Å². The van der Waals surface area contributed by atoms with Crippen LogP contribution in [0.2, 0.25) is 0 Å². The average Bonchev–Trinajstić information content (AvgIpc) is 2.67. The fourth-order valence-electron chi connectivity index (χ4n) is 2.30. The van der Waals surface area contributed by atoms with Crippen LogP contribution in [0.15, 0.2) is 54.6 Å². The molecule has 2 aromatic carbocycles. The van der Waals surface area contributed by atoms with Crippen molar-refractivity contribution in [2.45, 2.75) is 26.7 Å².